The summed E-state index contributed by atoms with van der Waals surface area (Å²) >= 11 is 0. The van der Waals surface area contributed by atoms with Crippen LogP contribution in [0.1, 0.15) is 33.6 Å². The Morgan fingerprint density at radius 1 is 1.69 bits per heavy atom. The molecule has 0 N–H and O–H groups in total. The van der Waals surface area contributed by atoms with Gasteiger partial charge in [0.2, 0.25) is 0 Å². The van der Waals surface area contributed by atoms with Crippen molar-refractivity contribution in [3.05, 3.63) is 12.7 Å². The Morgan fingerprint density at radius 2 is 2.31 bits per heavy atom. The second-order valence-electron chi connectivity index (χ2n) is 4.84. The largest absolute Gasteiger partial charge is 0.466 e. The number of carbonyl (C=O) groups is 2. The first-order chi connectivity index (χ1) is 7.44. The van der Waals surface area contributed by atoms with E-state index in [1.165, 1.54) is 0 Å². The van der Waals surface area contributed by atoms with Crippen LogP contribution in [0.25, 0.3) is 0 Å². The van der Waals surface area contributed by atoms with Crippen molar-refractivity contribution in [3.63, 3.8) is 0 Å². The number of Topliss-reactive ketones (excluding diaryl/α,β-unsaturated/α-hetero) is 1. The third kappa shape index (κ3) is 2.34. The Balaban J connectivity index is 2.96. The Hall–Kier alpha value is -1.12. The van der Waals surface area contributed by atoms with Crippen LogP contribution in [-0.2, 0) is 14.3 Å². The van der Waals surface area contributed by atoms with Crippen LogP contribution < -0.4 is 0 Å². The van der Waals surface area contributed by atoms with Crippen molar-refractivity contribution in [1.29, 1.82) is 0 Å². The van der Waals surface area contributed by atoms with Gasteiger partial charge >= 0.3 is 5.97 Å². The van der Waals surface area contributed by atoms with E-state index >= 15 is 0 Å². The molecule has 0 aromatic rings. The van der Waals surface area contributed by atoms with E-state index in [9.17, 15) is 9.59 Å². The van der Waals surface area contributed by atoms with Crippen LogP contribution in [0.3, 0.4) is 0 Å². The van der Waals surface area contributed by atoms with E-state index in [0.717, 1.165) is 0 Å². The maximum absolute atomic E-state index is 11.9. The summed E-state index contributed by atoms with van der Waals surface area (Å²) < 4.78 is 5.09. The van der Waals surface area contributed by atoms with Crippen LogP contribution in [0, 0.1) is 17.3 Å². The molecule has 3 nitrogen and oxygen atoms in total. The molecule has 1 saturated carbocycles. The third-order valence-corrected chi connectivity index (χ3v) is 3.41. The van der Waals surface area contributed by atoms with E-state index in [0.29, 0.717) is 19.4 Å². The molecule has 0 aliphatic heterocycles. The lowest BCUT2D eigenvalue weighted by Crippen LogP contribution is -2.43. The lowest BCUT2D eigenvalue weighted by molar-refractivity contribution is -0.157. The van der Waals surface area contributed by atoms with Gasteiger partial charge in [-0.05, 0) is 12.8 Å². The van der Waals surface area contributed by atoms with Gasteiger partial charge in [-0.15, -0.1) is 6.58 Å². The molecular weight excluding hydrogens is 204 g/mol. The summed E-state index contributed by atoms with van der Waals surface area (Å²) in [6.07, 6.45) is 2.58. The van der Waals surface area contributed by atoms with Gasteiger partial charge in [0.15, 0.2) is 0 Å². The minimum atomic E-state index is -0.457. The zero-order valence-corrected chi connectivity index (χ0v) is 10.3. The van der Waals surface area contributed by atoms with Gasteiger partial charge in [-0.2, -0.15) is 0 Å². The monoisotopic (exact) mass is 224 g/mol. The molecule has 3 atom stereocenters. The minimum absolute atomic E-state index is 0.0308. The van der Waals surface area contributed by atoms with Crippen LogP contribution in [0.15, 0.2) is 12.7 Å². The summed E-state index contributed by atoms with van der Waals surface area (Å²) in [4.78, 5) is 23.5. The second-order valence-corrected chi connectivity index (χ2v) is 4.84. The molecule has 0 spiro atoms. The molecule has 0 bridgehead atoms. The fourth-order valence-corrected chi connectivity index (χ4v) is 2.67. The Labute approximate surface area is 96.9 Å². The molecule has 1 aliphatic carbocycles. The lowest BCUT2D eigenvalue weighted by atomic mass is 9.63. The number of hydrogen-bond acceptors (Lipinski definition) is 3. The van der Waals surface area contributed by atoms with Crippen LogP contribution in [0.4, 0.5) is 0 Å². The van der Waals surface area contributed by atoms with Gasteiger partial charge in [-0.1, -0.05) is 19.9 Å². The molecule has 0 heterocycles. The highest BCUT2D eigenvalue weighted by Gasteiger charge is 2.46. The number of ether oxygens (including phenoxy) is 1. The normalized spacial score (nSPS) is 34.6. The number of carbonyl (C=O) groups excluding carboxylic acids is 2. The Bertz CT molecular complexity index is 308. The topological polar surface area (TPSA) is 43.4 Å². The third-order valence-electron chi connectivity index (χ3n) is 3.41. The van der Waals surface area contributed by atoms with Gasteiger partial charge in [-0.25, -0.2) is 0 Å². The highest BCUT2D eigenvalue weighted by Crippen LogP contribution is 2.44. The molecule has 1 aliphatic rings. The summed E-state index contributed by atoms with van der Waals surface area (Å²) in [5.41, 5.74) is -0.457. The zero-order valence-electron chi connectivity index (χ0n) is 10.3. The molecular formula is C13H20O3. The van der Waals surface area contributed by atoms with Crippen molar-refractivity contribution >= 4 is 11.8 Å². The van der Waals surface area contributed by atoms with E-state index < -0.39 is 5.41 Å². The van der Waals surface area contributed by atoms with Crippen molar-refractivity contribution < 1.29 is 14.3 Å². The van der Waals surface area contributed by atoms with Crippen molar-refractivity contribution in [2.45, 2.75) is 33.6 Å². The first-order valence-corrected chi connectivity index (χ1v) is 5.76. The van der Waals surface area contributed by atoms with Crippen molar-refractivity contribution in [2.24, 2.45) is 17.3 Å². The Morgan fingerprint density at radius 3 is 2.81 bits per heavy atom. The van der Waals surface area contributed by atoms with Crippen LogP contribution >= 0.6 is 0 Å². The molecule has 0 unspecified atom stereocenters. The van der Waals surface area contributed by atoms with Gasteiger partial charge in [0.05, 0.1) is 12.5 Å². The number of ketones is 1. The fraction of sp³-hybridized carbons (Fsp3) is 0.692. The first-order valence-electron chi connectivity index (χ1n) is 5.76. The predicted octanol–water partition coefficient (Wildman–Crippen LogP) is 2.36. The number of esters is 1. The molecule has 0 amide bonds. The molecule has 0 aromatic heterocycles. The van der Waals surface area contributed by atoms with E-state index in [1.807, 2.05) is 13.8 Å². The molecule has 0 saturated heterocycles. The van der Waals surface area contributed by atoms with Crippen molar-refractivity contribution in [2.75, 3.05) is 6.61 Å². The molecule has 3 heteroatoms. The summed E-state index contributed by atoms with van der Waals surface area (Å²) in [7, 11) is 0. The van der Waals surface area contributed by atoms with Gasteiger partial charge < -0.3 is 4.74 Å². The van der Waals surface area contributed by atoms with Gasteiger partial charge in [-0.3, -0.25) is 9.59 Å². The molecule has 1 rings (SSSR count). The molecule has 1 fully saturated rings. The first kappa shape index (κ1) is 12.9. The second kappa shape index (κ2) is 4.81. The zero-order chi connectivity index (χ0) is 12.3. The summed E-state index contributed by atoms with van der Waals surface area (Å²) in [6, 6.07) is 0. The van der Waals surface area contributed by atoms with Crippen LogP contribution in [-0.4, -0.2) is 18.4 Å². The van der Waals surface area contributed by atoms with E-state index in [1.54, 1.807) is 13.0 Å². The smallest absolute Gasteiger partial charge is 0.310 e. The van der Waals surface area contributed by atoms with Gasteiger partial charge in [0.25, 0.3) is 0 Å². The average molecular weight is 224 g/mol. The van der Waals surface area contributed by atoms with Crippen molar-refractivity contribution in [1.82, 2.24) is 0 Å². The summed E-state index contributed by atoms with van der Waals surface area (Å²) in [5, 5.41) is 0. The maximum atomic E-state index is 11.9. The van der Waals surface area contributed by atoms with E-state index in [4.69, 9.17) is 4.74 Å². The lowest BCUT2D eigenvalue weighted by Gasteiger charge is -2.40. The predicted molar refractivity (Wildman–Crippen MR) is 61.8 cm³/mol. The Kier molecular flexibility index (Phi) is 3.89. The average Bonchev–Trinajstić information content (AvgIpc) is 2.16. The van der Waals surface area contributed by atoms with E-state index in [-0.39, 0.29) is 23.6 Å². The van der Waals surface area contributed by atoms with E-state index in [2.05, 4.69) is 6.58 Å². The highest BCUT2D eigenvalue weighted by atomic mass is 16.5. The van der Waals surface area contributed by atoms with Crippen LogP contribution in [0.5, 0.6) is 0 Å². The fourth-order valence-electron chi connectivity index (χ4n) is 2.67. The number of rotatable bonds is 3. The maximum Gasteiger partial charge on any atom is 0.310 e. The minimum Gasteiger partial charge on any atom is -0.466 e. The molecule has 90 valence electrons. The SMILES string of the molecule is C=C[C@]1(C)CC(=O)C[C@@H](C)[C@H]1C(=O)OCC. The number of hydrogen-bond donors (Lipinski definition) is 0. The molecule has 16 heavy (non-hydrogen) atoms. The number of allylic oxidation sites excluding steroid dienone is 1. The van der Waals surface area contributed by atoms with Gasteiger partial charge in [0, 0.05) is 18.3 Å². The van der Waals surface area contributed by atoms with Crippen molar-refractivity contribution in [3.8, 4) is 0 Å². The summed E-state index contributed by atoms with van der Waals surface area (Å²) in [5.74, 6) is -0.216. The van der Waals surface area contributed by atoms with Gasteiger partial charge in [0.1, 0.15) is 5.78 Å². The summed E-state index contributed by atoms with van der Waals surface area (Å²) in [6.45, 7) is 9.77. The molecule has 0 radical (unpaired) electrons. The van der Waals surface area contributed by atoms with Crippen LogP contribution in [0.2, 0.25) is 0 Å². The quantitative estimate of drug-likeness (QED) is 0.546. The standard InChI is InChI=1S/C13H20O3/c1-5-13(4)8-10(14)7-9(3)11(13)12(15)16-6-2/h5,9,11H,1,6-8H2,2-4H3/t9-,11+,13-/m1/s1. The molecule has 0 aromatic carbocycles. The highest BCUT2D eigenvalue weighted by molar-refractivity contribution is 5.85.